The maximum atomic E-state index is 12.7. The van der Waals surface area contributed by atoms with Crippen molar-refractivity contribution in [2.24, 2.45) is 0 Å². The van der Waals surface area contributed by atoms with Gasteiger partial charge >= 0.3 is 0 Å². The summed E-state index contributed by atoms with van der Waals surface area (Å²) in [6.45, 7) is 11.2. The van der Waals surface area contributed by atoms with Gasteiger partial charge in [0.25, 0.3) is 5.91 Å². The number of aromatic nitrogens is 3. The van der Waals surface area contributed by atoms with E-state index in [4.69, 9.17) is 0 Å². The largest absolute Gasteiger partial charge is 0.328 e. The quantitative estimate of drug-likeness (QED) is 0.811. The number of thiazole rings is 1. The fraction of sp³-hybridized carbons (Fsp3) is 0.500. The number of carbonyl (C=O) groups excluding carboxylic acids is 1. The topological polar surface area (TPSA) is 59.0 Å². The Labute approximate surface area is 134 Å². The van der Waals surface area contributed by atoms with Crippen LogP contribution in [0.4, 0.5) is 0 Å². The van der Waals surface area contributed by atoms with Gasteiger partial charge in [-0.05, 0) is 13.8 Å². The molecule has 0 spiro atoms. The van der Waals surface area contributed by atoms with Crippen molar-refractivity contribution in [3.05, 3.63) is 38.9 Å². The molecule has 6 heteroatoms. The van der Waals surface area contributed by atoms with Gasteiger partial charge in [0.05, 0.1) is 22.9 Å². The zero-order valence-corrected chi connectivity index (χ0v) is 14.4. The fourth-order valence-corrected chi connectivity index (χ4v) is 3.42. The predicted molar refractivity (Wildman–Crippen MR) is 85.9 cm³/mol. The molecule has 0 fully saturated rings. The van der Waals surface area contributed by atoms with Gasteiger partial charge in [-0.3, -0.25) is 4.79 Å². The zero-order valence-electron chi connectivity index (χ0n) is 13.6. The lowest BCUT2D eigenvalue weighted by atomic mass is 9.95. The molecule has 3 heterocycles. The van der Waals surface area contributed by atoms with E-state index in [1.807, 2.05) is 24.9 Å². The van der Waals surface area contributed by atoms with Crippen molar-refractivity contribution in [2.75, 3.05) is 0 Å². The summed E-state index contributed by atoms with van der Waals surface area (Å²) in [7, 11) is 0. The minimum absolute atomic E-state index is 0.0402. The molecule has 22 heavy (non-hydrogen) atoms. The SMILES string of the molecule is Cc1nc(C)c(C(=O)N2Cc3cnc(C(C)(C)C)nc3C2)s1. The lowest BCUT2D eigenvalue weighted by Gasteiger charge is -2.16. The first-order valence-electron chi connectivity index (χ1n) is 7.34. The standard InChI is InChI=1S/C16H20N4OS/c1-9-13(22-10(2)18-9)14(21)20-7-11-6-17-15(16(3,4)5)19-12(11)8-20/h6H,7-8H2,1-5H3. The number of hydrogen-bond acceptors (Lipinski definition) is 5. The highest BCUT2D eigenvalue weighted by atomic mass is 32.1. The molecule has 0 bridgehead atoms. The number of carbonyl (C=O) groups is 1. The molecule has 116 valence electrons. The summed E-state index contributed by atoms with van der Waals surface area (Å²) in [6.07, 6.45) is 1.86. The van der Waals surface area contributed by atoms with Gasteiger partial charge in [0, 0.05) is 23.7 Å². The highest BCUT2D eigenvalue weighted by molar-refractivity contribution is 7.13. The number of rotatable bonds is 1. The third kappa shape index (κ3) is 2.63. The Kier molecular flexibility index (Phi) is 3.51. The minimum atomic E-state index is -0.0855. The average Bonchev–Trinajstić information content (AvgIpc) is 2.99. The van der Waals surface area contributed by atoms with E-state index >= 15 is 0 Å². The van der Waals surface area contributed by atoms with Gasteiger partial charge in [-0.25, -0.2) is 15.0 Å². The van der Waals surface area contributed by atoms with Crippen molar-refractivity contribution in [1.82, 2.24) is 19.9 Å². The van der Waals surface area contributed by atoms with Crippen LogP contribution in [0.3, 0.4) is 0 Å². The monoisotopic (exact) mass is 316 g/mol. The van der Waals surface area contributed by atoms with E-state index in [1.165, 1.54) is 11.3 Å². The van der Waals surface area contributed by atoms with Gasteiger partial charge in [0.15, 0.2) is 0 Å². The minimum Gasteiger partial charge on any atom is -0.328 e. The van der Waals surface area contributed by atoms with Crippen LogP contribution in [-0.2, 0) is 18.5 Å². The van der Waals surface area contributed by atoms with Gasteiger partial charge in [0.1, 0.15) is 10.7 Å². The van der Waals surface area contributed by atoms with E-state index in [2.05, 4.69) is 35.7 Å². The van der Waals surface area contributed by atoms with E-state index in [9.17, 15) is 4.79 Å². The summed E-state index contributed by atoms with van der Waals surface area (Å²) >= 11 is 1.46. The predicted octanol–water partition coefficient (Wildman–Crippen LogP) is 3.00. The van der Waals surface area contributed by atoms with E-state index in [0.29, 0.717) is 13.1 Å². The molecule has 1 aliphatic heterocycles. The lowest BCUT2D eigenvalue weighted by molar-refractivity contribution is 0.0754. The number of aryl methyl sites for hydroxylation is 2. The third-order valence-electron chi connectivity index (χ3n) is 3.71. The van der Waals surface area contributed by atoms with E-state index in [0.717, 1.165) is 32.7 Å². The smallest absolute Gasteiger partial charge is 0.266 e. The molecule has 2 aromatic heterocycles. The van der Waals surface area contributed by atoms with Crippen molar-refractivity contribution < 1.29 is 4.79 Å². The highest BCUT2D eigenvalue weighted by Crippen LogP contribution is 2.27. The van der Waals surface area contributed by atoms with Crippen LogP contribution in [0.1, 0.15) is 58.2 Å². The molecule has 0 saturated carbocycles. The third-order valence-corrected chi connectivity index (χ3v) is 4.77. The van der Waals surface area contributed by atoms with E-state index < -0.39 is 0 Å². The maximum Gasteiger partial charge on any atom is 0.266 e. The Morgan fingerprint density at radius 1 is 1.23 bits per heavy atom. The Balaban J connectivity index is 1.85. The second-order valence-electron chi connectivity index (χ2n) is 6.72. The summed E-state index contributed by atoms with van der Waals surface area (Å²) in [5.41, 5.74) is 2.73. The number of amides is 1. The summed E-state index contributed by atoms with van der Waals surface area (Å²) in [6, 6.07) is 0. The molecule has 0 atom stereocenters. The summed E-state index contributed by atoms with van der Waals surface area (Å²) in [5, 5.41) is 0.923. The first-order chi connectivity index (χ1) is 10.3. The fourth-order valence-electron chi connectivity index (χ4n) is 2.53. The molecule has 0 radical (unpaired) electrons. The Bertz CT molecular complexity index is 745. The number of hydrogen-bond donors (Lipinski definition) is 0. The summed E-state index contributed by atoms with van der Waals surface area (Å²) < 4.78 is 0. The van der Waals surface area contributed by atoms with Gasteiger partial charge in [-0.1, -0.05) is 20.8 Å². The summed E-state index contributed by atoms with van der Waals surface area (Å²) in [5.74, 6) is 0.865. The van der Waals surface area contributed by atoms with Crippen molar-refractivity contribution in [3.8, 4) is 0 Å². The van der Waals surface area contributed by atoms with Crippen molar-refractivity contribution in [3.63, 3.8) is 0 Å². The van der Waals surface area contributed by atoms with Crippen molar-refractivity contribution >= 4 is 17.2 Å². The molecule has 5 nitrogen and oxygen atoms in total. The second-order valence-corrected chi connectivity index (χ2v) is 7.93. The number of fused-ring (bicyclic) bond motifs is 1. The first kappa shape index (κ1) is 15.1. The van der Waals surface area contributed by atoms with Crippen molar-refractivity contribution in [2.45, 2.75) is 53.1 Å². The normalized spacial score (nSPS) is 14.3. The first-order valence-corrected chi connectivity index (χ1v) is 8.16. The second kappa shape index (κ2) is 5.12. The highest BCUT2D eigenvalue weighted by Gasteiger charge is 2.29. The molecule has 2 aromatic rings. The Hall–Kier alpha value is -1.82. The molecule has 0 aromatic carbocycles. The molecular formula is C16H20N4OS. The van der Waals surface area contributed by atoms with Crippen LogP contribution in [0, 0.1) is 13.8 Å². The zero-order chi connectivity index (χ0) is 16.1. The van der Waals surface area contributed by atoms with Gasteiger partial charge < -0.3 is 4.90 Å². The van der Waals surface area contributed by atoms with Crippen LogP contribution in [0.15, 0.2) is 6.20 Å². The van der Waals surface area contributed by atoms with Crippen molar-refractivity contribution in [1.29, 1.82) is 0 Å². The molecule has 0 N–H and O–H groups in total. The molecule has 0 saturated heterocycles. The molecule has 0 aliphatic carbocycles. The van der Waals surface area contributed by atoms with Crippen LogP contribution in [-0.4, -0.2) is 25.8 Å². The van der Waals surface area contributed by atoms with Crippen LogP contribution in [0.5, 0.6) is 0 Å². The molecule has 1 amide bonds. The van der Waals surface area contributed by atoms with Crippen LogP contribution < -0.4 is 0 Å². The van der Waals surface area contributed by atoms with E-state index in [1.54, 1.807) is 0 Å². The Morgan fingerprint density at radius 3 is 2.55 bits per heavy atom. The van der Waals surface area contributed by atoms with Crippen LogP contribution >= 0.6 is 11.3 Å². The van der Waals surface area contributed by atoms with Gasteiger partial charge in [0.2, 0.25) is 0 Å². The average molecular weight is 316 g/mol. The van der Waals surface area contributed by atoms with Gasteiger partial charge in [-0.2, -0.15) is 0 Å². The summed E-state index contributed by atoms with van der Waals surface area (Å²) in [4.78, 5) is 28.7. The van der Waals surface area contributed by atoms with E-state index in [-0.39, 0.29) is 11.3 Å². The van der Waals surface area contributed by atoms with Crippen LogP contribution in [0.25, 0.3) is 0 Å². The molecule has 1 aliphatic rings. The molecular weight excluding hydrogens is 296 g/mol. The maximum absolute atomic E-state index is 12.7. The number of nitrogens with zero attached hydrogens (tertiary/aromatic N) is 4. The Morgan fingerprint density at radius 2 is 1.95 bits per heavy atom. The van der Waals surface area contributed by atoms with Gasteiger partial charge in [-0.15, -0.1) is 11.3 Å². The van der Waals surface area contributed by atoms with Crippen LogP contribution in [0.2, 0.25) is 0 Å². The molecule has 0 unspecified atom stereocenters. The molecule has 3 rings (SSSR count). The lowest BCUT2D eigenvalue weighted by Crippen LogP contribution is -2.25.